The predicted octanol–water partition coefficient (Wildman–Crippen LogP) is 3.92. The molecule has 2 fully saturated rings. The summed E-state index contributed by atoms with van der Waals surface area (Å²) in [4.78, 5) is 12.6. The molecule has 27 heavy (non-hydrogen) atoms. The van der Waals surface area contributed by atoms with Gasteiger partial charge in [-0.25, -0.2) is 0 Å². The quantitative estimate of drug-likeness (QED) is 0.793. The van der Waals surface area contributed by atoms with Crippen LogP contribution in [0.15, 0.2) is 48.5 Å². The Kier molecular flexibility index (Phi) is 5.37. The molecule has 1 saturated carbocycles. The van der Waals surface area contributed by atoms with Gasteiger partial charge in [0.15, 0.2) is 0 Å². The molecule has 1 saturated heterocycles. The lowest BCUT2D eigenvalue weighted by atomic mass is 9.92. The standard InChI is InChI=1S/C22H25ClN2O2/c23-19-7-3-4-8-20(19)27-15-17-6-2-1-5-16(17)14-25-21(26)18-13-22(18)9-11-24-12-10-22/h1-8,18,24H,9-15H2,(H,25,26). The van der Waals surface area contributed by atoms with E-state index in [-0.39, 0.29) is 17.2 Å². The van der Waals surface area contributed by atoms with Gasteiger partial charge < -0.3 is 15.4 Å². The minimum atomic E-state index is 0.186. The van der Waals surface area contributed by atoms with Crippen LogP contribution in [0.1, 0.15) is 30.4 Å². The summed E-state index contributed by atoms with van der Waals surface area (Å²) in [7, 11) is 0. The van der Waals surface area contributed by atoms with Crippen molar-refractivity contribution in [3.05, 3.63) is 64.7 Å². The molecule has 5 heteroatoms. The summed E-state index contributed by atoms with van der Waals surface area (Å²) in [6.07, 6.45) is 3.28. The molecule has 2 aromatic rings. The molecule has 1 aliphatic heterocycles. The van der Waals surface area contributed by atoms with Gasteiger partial charge in [-0.3, -0.25) is 4.79 Å². The van der Waals surface area contributed by atoms with E-state index in [0.29, 0.717) is 23.9 Å². The van der Waals surface area contributed by atoms with Crippen molar-refractivity contribution >= 4 is 17.5 Å². The molecule has 0 bridgehead atoms. The number of rotatable bonds is 6. The fourth-order valence-corrected chi connectivity index (χ4v) is 4.28. The van der Waals surface area contributed by atoms with Crippen molar-refractivity contribution < 1.29 is 9.53 Å². The van der Waals surface area contributed by atoms with Gasteiger partial charge in [0.1, 0.15) is 12.4 Å². The van der Waals surface area contributed by atoms with Crippen LogP contribution in [0.4, 0.5) is 0 Å². The van der Waals surface area contributed by atoms with E-state index in [0.717, 1.165) is 43.5 Å². The van der Waals surface area contributed by atoms with Crippen LogP contribution in [0, 0.1) is 11.3 Å². The Hall–Kier alpha value is -2.04. The van der Waals surface area contributed by atoms with Crippen molar-refractivity contribution in [2.75, 3.05) is 13.1 Å². The predicted molar refractivity (Wildman–Crippen MR) is 107 cm³/mol. The van der Waals surface area contributed by atoms with Gasteiger partial charge >= 0.3 is 0 Å². The zero-order chi connectivity index (χ0) is 18.7. The molecule has 1 unspecified atom stereocenters. The fourth-order valence-electron chi connectivity index (χ4n) is 4.09. The van der Waals surface area contributed by atoms with Crippen molar-refractivity contribution in [2.24, 2.45) is 11.3 Å². The molecule has 0 aromatic heterocycles. The number of hydrogen-bond donors (Lipinski definition) is 2. The summed E-state index contributed by atoms with van der Waals surface area (Å²) in [6.45, 7) is 3.03. The normalized spacial score (nSPS) is 20.3. The summed E-state index contributed by atoms with van der Waals surface area (Å²) < 4.78 is 5.87. The zero-order valence-corrected chi connectivity index (χ0v) is 16.1. The highest BCUT2D eigenvalue weighted by atomic mass is 35.5. The Morgan fingerprint density at radius 3 is 2.59 bits per heavy atom. The molecule has 1 aliphatic carbocycles. The van der Waals surface area contributed by atoms with Crippen LogP contribution in [0.2, 0.25) is 5.02 Å². The van der Waals surface area contributed by atoms with Crippen LogP contribution >= 0.6 is 11.6 Å². The number of ether oxygens (including phenoxy) is 1. The van der Waals surface area contributed by atoms with Gasteiger partial charge in [-0.1, -0.05) is 48.0 Å². The van der Waals surface area contributed by atoms with Crippen LogP contribution in [0.3, 0.4) is 0 Å². The Morgan fingerprint density at radius 1 is 1.11 bits per heavy atom. The Balaban J connectivity index is 1.34. The van der Waals surface area contributed by atoms with Crippen molar-refractivity contribution in [1.29, 1.82) is 0 Å². The molecule has 1 spiro atoms. The van der Waals surface area contributed by atoms with E-state index in [1.165, 1.54) is 0 Å². The van der Waals surface area contributed by atoms with Crippen LogP contribution in [0.25, 0.3) is 0 Å². The number of nitrogens with one attached hydrogen (secondary N) is 2. The van der Waals surface area contributed by atoms with Crippen molar-refractivity contribution in [1.82, 2.24) is 10.6 Å². The SMILES string of the molecule is O=C(NCc1ccccc1COc1ccccc1Cl)C1CC12CCNCC2. The van der Waals surface area contributed by atoms with Gasteiger partial charge in [0, 0.05) is 12.5 Å². The van der Waals surface area contributed by atoms with Crippen LogP contribution < -0.4 is 15.4 Å². The molecule has 2 aliphatic rings. The lowest BCUT2D eigenvalue weighted by molar-refractivity contribution is -0.123. The smallest absolute Gasteiger partial charge is 0.223 e. The zero-order valence-electron chi connectivity index (χ0n) is 15.3. The minimum absolute atomic E-state index is 0.186. The number of carbonyl (C=O) groups excluding carboxylic acids is 1. The molecule has 0 radical (unpaired) electrons. The first-order chi connectivity index (χ1) is 13.2. The second-order valence-electron chi connectivity index (χ2n) is 7.57. The van der Waals surface area contributed by atoms with Crippen LogP contribution in [0.5, 0.6) is 5.75 Å². The molecule has 2 N–H and O–H groups in total. The maximum Gasteiger partial charge on any atom is 0.223 e. The topological polar surface area (TPSA) is 50.4 Å². The highest BCUT2D eigenvalue weighted by molar-refractivity contribution is 6.32. The summed E-state index contributed by atoms with van der Waals surface area (Å²) in [5.41, 5.74) is 2.41. The molecule has 1 amide bonds. The summed E-state index contributed by atoms with van der Waals surface area (Å²) in [5, 5.41) is 7.12. The van der Waals surface area contributed by atoms with E-state index < -0.39 is 0 Å². The maximum atomic E-state index is 12.6. The van der Waals surface area contributed by atoms with E-state index in [9.17, 15) is 4.79 Å². The van der Waals surface area contributed by atoms with Gasteiger partial charge in [0.2, 0.25) is 5.91 Å². The number of halogens is 1. The third-order valence-corrected chi connectivity index (χ3v) is 6.21. The first kappa shape index (κ1) is 18.3. The summed E-state index contributed by atoms with van der Waals surface area (Å²) >= 11 is 6.16. The minimum Gasteiger partial charge on any atom is -0.487 e. The second-order valence-corrected chi connectivity index (χ2v) is 7.98. The fraction of sp³-hybridized carbons (Fsp3) is 0.409. The van der Waals surface area contributed by atoms with E-state index in [2.05, 4.69) is 10.6 Å². The highest BCUT2D eigenvalue weighted by Crippen LogP contribution is 2.58. The monoisotopic (exact) mass is 384 g/mol. The Bertz CT molecular complexity index is 817. The van der Waals surface area contributed by atoms with Crippen LogP contribution in [-0.2, 0) is 17.9 Å². The number of piperidine rings is 1. The van der Waals surface area contributed by atoms with E-state index in [4.69, 9.17) is 16.3 Å². The van der Waals surface area contributed by atoms with Crippen molar-refractivity contribution in [3.8, 4) is 5.75 Å². The van der Waals surface area contributed by atoms with E-state index in [1.807, 2.05) is 48.5 Å². The van der Waals surface area contributed by atoms with Crippen LogP contribution in [-0.4, -0.2) is 19.0 Å². The molecule has 4 rings (SSSR count). The Labute approximate surface area is 165 Å². The summed E-state index contributed by atoms with van der Waals surface area (Å²) in [5.74, 6) is 1.05. The van der Waals surface area contributed by atoms with Crippen molar-refractivity contribution in [2.45, 2.75) is 32.4 Å². The van der Waals surface area contributed by atoms with E-state index >= 15 is 0 Å². The second kappa shape index (κ2) is 7.91. The van der Waals surface area contributed by atoms with Gasteiger partial charge in [0.05, 0.1) is 5.02 Å². The number of carbonyl (C=O) groups is 1. The lowest BCUT2D eigenvalue weighted by Gasteiger charge is -2.23. The van der Waals surface area contributed by atoms with Gasteiger partial charge in [0.25, 0.3) is 0 Å². The van der Waals surface area contributed by atoms with Gasteiger partial charge in [-0.15, -0.1) is 0 Å². The number of para-hydroxylation sites is 1. The highest BCUT2D eigenvalue weighted by Gasteiger charge is 2.57. The third kappa shape index (κ3) is 4.12. The van der Waals surface area contributed by atoms with Crippen molar-refractivity contribution in [3.63, 3.8) is 0 Å². The van der Waals surface area contributed by atoms with Gasteiger partial charge in [-0.2, -0.15) is 0 Å². The largest absolute Gasteiger partial charge is 0.487 e. The molecular formula is C22H25ClN2O2. The number of benzene rings is 2. The number of amides is 1. The molecule has 142 valence electrons. The molecule has 1 heterocycles. The third-order valence-electron chi connectivity index (χ3n) is 5.90. The first-order valence-electron chi connectivity index (χ1n) is 9.60. The molecular weight excluding hydrogens is 360 g/mol. The maximum absolute atomic E-state index is 12.6. The van der Waals surface area contributed by atoms with Gasteiger partial charge in [-0.05, 0) is 61.0 Å². The molecule has 4 nitrogen and oxygen atoms in total. The average Bonchev–Trinajstić information content (AvgIpc) is 3.39. The Morgan fingerprint density at radius 2 is 1.81 bits per heavy atom. The average molecular weight is 385 g/mol. The lowest BCUT2D eigenvalue weighted by Crippen LogP contribution is -2.33. The summed E-state index contributed by atoms with van der Waals surface area (Å²) in [6, 6.07) is 15.5. The molecule has 1 atom stereocenters. The first-order valence-corrected chi connectivity index (χ1v) is 9.98. The number of hydrogen-bond acceptors (Lipinski definition) is 3. The molecule has 2 aromatic carbocycles. The van der Waals surface area contributed by atoms with E-state index in [1.54, 1.807) is 0 Å².